The molecule has 1 fully saturated rings. The molecule has 3 aromatic heterocycles. The molecule has 1 aliphatic carbocycles. The van der Waals surface area contributed by atoms with Crippen LogP contribution in [0.2, 0.25) is 0 Å². The third-order valence-corrected chi connectivity index (χ3v) is 6.65. The number of piperidine rings is 1. The minimum absolute atomic E-state index is 0.468. The van der Waals surface area contributed by atoms with Crippen molar-refractivity contribution in [2.45, 2.75) is 32.6 Å². The highest BCUT2D eigenvalue weighted by atomic mass is 15.2. The number of pyridine rings is 1. The molecule has 0 bridgehead atoms. The highest BCUT2D eigenvalue weighted by Crippen LogP contribution is 2.45. The number of benzene rings is 1. The summed E-state index contributed by atoms with van der Waals surface area (Å²) >= 11 is 0. The van der Waals surface area contributed by atoms with Gasteiger partial charge in [-0.3, -0.25) is 4.40 Å². The topological polar surface area (TPSA) is 33.4 Å². The van der Waals surface area contributed by atoms with Crippen LogP contribution in [-0.2, 0) is 12.8 Å². The largest absolute Gasteiger partial charge is 0.355 e. The molecule has 130 valence electrons. The van der Waals surface area contributed by atoms with Crippen molar-refractivity contribution in [3.63, 3.8) is 0 Å². The van der Waals surface area contributed by atoms with Gasteiger partial charge in [-0.05, 0) is 60.8 Å². The summed E-state index contributed by atoms with van der Waals surface area (Å²) in [6.07, 6.45) is 6.99. The molecule has 4 heteroatoms. The molecule has 1 aromatic carbocycles. The highest BCUT2D eigenvalue weighted by Gasteiger charge is 2.40. The van der Waals surface area contributed by atoms with Crippen LogP contribution in [0.1, 0.15) is 29.5 Å². The van der Waals surface area contributed by atoms with Crippen LogP contribution in [-0.4, -0.2) is 27.5 Å². The Kier molecular flexibility index (Phi) is 2.78. The molecular weight excluding hydrogens is 320 g/mol. The first-order valence-electron chi connectivity index (χ1n) is 9.60. The minimum atomic E-state index is 0.468. The molecule has 4 nitrogen and oxygen atoms in total. The van der Waals surface area contributed by atoms with Crippen molar-refractivity contribution >= 4 is 22.6 Å². The average molecular weight is 342 g/mol. The average Bonchev–Trinajstić information content (AvgIpc) is 3.33. The number of aromatic nitrogens is 3. The number of fused-ring (bicyclic) bond motifs is 1. The van der Waals surface area contributed by atoms with Crippen LogP contribution in [0.5, 0.6) is 0 Å². The number of hydrogen-bond donors (Lipinski definition) is 0. The summed E-state index contributed by atoms with van der Waals surface area (Å²) in [5, 5.41) is 0. The second-order valence-corrected chi connectivity index (χ2v) is 8.22. The van der Waals surface area contributed by atoms with E-state index in [-0.39, 0.29) is 0 Å². The van der Waals surface area contributed by atoms with Crippen molar-refractivity contribution in [2.75, 3.05) is 18.0 Å². The van der Waals surface area contributed by atoms with E-state index < -0.39 is 0 Å². The maximum atomic E-state index is 4.94. The predicted octanol–water partition coefficient (Wildman–Crippen LogP) is 4.01. The number of hydrogen-bond acceptors (Lipinski definition) is 3. The van der Waals surface area contributed by atoms with Gasteiger partial charge in [0, 0.05) is 13.1 Å². The van der Waals surface area contributed by atoms with E-state index in [4.69, 9.17) is 4.98 Å². The summed E-state index contributed by atoms with van der Waals surface area (Å²) in [6.45, 7) is 4.29. The zero-order valence-corrected chi connectivity index (χ0v) is 15.1. The zero-order chi connectivity index (χ0) is 17.3. The molecule has 26 heavy (non-hydrogen) atoms. The molecule has 1 spiro atoms. The molecule has 0 saturated carbocycles. The lowest BCUT2D eigenvalue weighted by Gasteiger charge is -2.39. The second kappa shape index (κ2) is 4.97. The van der Waals surface area contributed by atoms with Crippen LogP contribution in [0, 0.1) is 12.3 Å². The molecule has 4 heterocycles. The van der Waals surface area contributed by atoms with E-state index in [0.29, 0.717) is 5.41 Å². The van der Waals surface area contributed by atoms with Crippen molar-refractivity contribution in [2.24, 2.45) is 5.41 Å². The van der Waals surface area contributed by atoms with Gasteiger partial charge in [0.05, 0.1) is 6.20 Å². The fraction of sp³-hybridized carbons (Fsp3) is 0.364. The Morgan fingerprint density at radius 3 is 2.42 bits per heavy atom. The summed E-state index contributed by atoms with van der Waals surface area (Å²) in [4.78, 5) is 12.0. The van der Waals surface area contributed by atoms with Crippen molar-refractivity contribution < 1.29 is 0 Å². The number of nitrogens with zero attached hydrogens (tertiary/aromatic N) is 4. The Labute approximate surface area is 152 Å². The van der Waals surface area contributed by atoms with E-state index in [2.05, 4.69) is 57.6 Å². The molecule has 0 amide bonds. The zero-order valence-electron chi connectivity index (χ0n) is 15.1. The first kappa shape index (κ1) is 14.5. The third kappa shape index (κ3) is 1.90. The monoisotopic (exact) mass is 342 g/mol. The Balaban J connectivity index is 1.31. The molecule has 2 aliphatic rings. The Morgan fingerprint density at radius 1 is 0.962 bits per heavy atom. The molecule has 0 atom stereocenters. The third-order valence-electron chi connectivity index (χ3n) is 6.65. The lowest BCUT2D eigenvalue weighted by molar-refractivity contribution is 0.232. The quantitative estimate of drug-likeness (QED) is 0.524. The van der Waals surface area contributed by atoms with E-state index in [1.54, 1.807) is 11.1 Å². The Hall–Kier alpha value is -2.62. The molecule has 4 aromatic rings. The second-order valence-electron chi connectivity index (χ2n) is 8.22. The normalized spacial score (nSPS) is 19.0. The van der Waals surface area contributed by atoms with Crippen LogP contribution in [0.3, 0.4) is 0 Å². The van der Waals surface area contributed by atoms with Gasteiger partial charge in [-0.1, -0.05) is 30.3 Å². The van der Waals surface area contributed by atoms with E-state index >= 15 is 0 Å². The Bertz CT molecular complexity index is 1090. The number of rotatable bonds is 1. The van der Waals surface area contributed by atoms with Gasteiger partial charge >= 0.3 is 0 Å². The number of imidazole rings is 2. The predicted molar refractivity (Wildman–Crippen MR) is 104 cm³/mol. The molecular formula is C22H22N4. The summed E-state index contributed by atoms with van der Waals surface area (Å²) in [5.41, 5.74) is 8.02. The van der Waals surface area contributed by atoms with Gasteiger partial charge < -0.3 is 4.90 Å². The number of aryl methyl sites for hydroxylation is 1. The van der Waals surface area contributed by atoms with E-state index in [1.807, 2.05) is 6.20 Å². The van der Waals surface area contributed by atoms with Crippen LogP contribution in [0.25, 0.3) is 16.8 Å². The lowest BCUT2D eigenvalue weighted by atomic mass is 9.76. The highest BCUT2D eigenvalue weighted by molar-refractivity contribution is 5.80. The van der Waals surface area contributed by atoms with Crippen LogP contribution in [0.4, 0.5) is 5.82 Å². The Morgan fingerprint density at radius 2 is 1.69 bits per heavy atom. The maximum absolute atomic E-state index is 4.94. The minimum Gasteiger partial charge on any atom is -0.355 e. The fourth-order valence-corrected chi connectivity index (χ4v) is 5.17. The summed E-state index contributed by atoms with van der Waals surface area (Å²) in [5.74, 6) is 1.11. The van der Waals surface area contributed by atoms with Gasteiger partial charge in [-0.25, -0.2) is 9.97 Å². The fourth-order valence-electron chi connectivity index (χ4n) is 5.17. The lowest BCUT2D eigenvalue weighted by Crippen LogP contribution is -2.40. The van der Waals surface area contributed by atoms with Crippen molar-refractivity contribution in [1.29, 1.82) is 0 Å². The van der Waals surface area contributed by atoms with Crippen molar-refractivity contribution in [3.05, 3.63) is 59.3 Å². The van der Waals surface area contributed by atoms with Crippen molar-refractivity contribution in [1.82, 2.24) is 14.4 Å². The van der Waals surface area contributed by atoms with E-state index in [1.165, 1.54) is 31.2 Å². The first-order valence-corrected chi connectivity index (χ1v) is 9.60. The maximum Gasteiger partial charge on any atom is 0.157 e. The molecule has 6 rings (SSSR count). The molecule has 0 N–H and O–H groups in total. The van der Waals surface area contributed by atoms with Gasteiger partial charge in [-0.15, -0.1) is 0 Å². The van der Waals surface area contributed by atoms with Gasteiger partial charge in [0.25, 0.3) is 0 Å². The van der Waals surface area contributed by atoms with Crippen molar-refractivity contribution in [3.8, 4) is 0 Å². The van der Waals surface area contributed by atoms with Crippen LogP contribution < -0.4 is 4.90 Å². The van der Waals surface area contributed by atoms with Gasteiger partial charge in [0.15, 0.2) is 5.82 Å². The standard InChI is InChI=1S/C22H22N4/c1-15-6-7-19-24-21(18-14-23-20(15)26(18)19)25-10-8-22(9-11-25)12-16-4-2-3-5-17(16)13-22/h2-7,14H,8-13H2,1H3. The van der Waals surface area contributed by atoms with Crippen LogP contribution in [0.15, 0.2) is 42.6 Å². The molecule has 0 unspecified atom stereocenters. The van der Waals surface area contributed by atoms with Gasteiger partial charge in [0.2, 0.25) is 0 Å². The van der Waals surface area contributed by atoms with E-state index in [9.17, 15) is 0 Å². The SMILES string of the molecule is Cc1ccc2nc(N3CCC4(CC3)Cc3ccccc3C4)c3cnc1n23. The summed E-state index contributed by atoms with van der Waals surface area (Å²) < 4.78 is 2.21. The van der Waals surface area contributed by atoms with E-state index in [0.717, 1.165) is 35.7 Å². The van der Waals surface area contributed by atoms with Crippen LogP contribution >= 0.6 is 0 Å². The molecule has 1 aliphatic heterocycles. The smallest absolute Gasteiger partial charge is 0.157 e. The first-order chi connectivity index (χ1) is 12.7. The summed E-state index contributed by atoms with van der Waals surface area (Å²) in [7, 11) is 0. The van der Waals surface area contributed by atoms with Gasteiger partial charge in [0.1, 0.15) is 16.8 Å². The van der Waals surface area contributed by atoms with Gasteiger partial charge in [-0.2, -0.15) is 0 Å². The number of anilines is 1. The molecule has 0 radical (unpaired) electrons. The molecule has 1 saturated heterocycles. The summed E-state index contributed by atoms with van der Waals surface area (Å²) in [6, 6.07) is 13.2.